The van der Waals surface area contributed by atoms with Crippen LogP contribution in [0, 0.1) is 0 Å². The van der Waals surface area contributed by atoms with Crippen LogP contribution >= 0.6 is 0 Å². The summed E-state index contributed by atoms with van der Waals surface area (Å²) < 4.78 is 16.1. The molecule has 0 fully saturated rings. The van der Waals surface area contributed by atoms with Gasteiger partial charge in [-0.25, -0.2) is 19.9 Å². The fourth-order valence-corrected chi connectivity index (χ4v) is 8.89. The number of anilines is 8. The molecule has 2 amide bonds. The first-order valence-electron chi connectivity index (χ1n) is 24.3. The maximum Gasteiger partial charge on any atom is 0.250 e. The van der Waals surface area contributed by atoms with Crippen molar-refractivity contribution < 1.29 is 19.1 Å². The molecule has 0 saturated carbocycles. The van der Waals surface area contributed by atoms with E-state index in [4.69, 9.17) is 19.4 Å². The predicted octanol–water partition coefficient (Wildman–Crippen LogP) is 8.63. The molecule has 0 aliphatic carbocycles. The number of methoxy groups -OCH3 is 2. The Balaban J connectivity index is 1.11. The van der Waals surface area contributed by atoms with Gasteiger partial charge in [0.25, 0.3) is 0 Å². The van der Waals surface area contributed by atoms with Crippen LogP contribution in [0.4, 0.5) is 46.0 Å². The summed E-state index contributed by atoms with van der Waals surface area (Å²) >= 11 is 0. The molecule has 18 heteroatoms. The van der Waals surface area contributed by atoms with Crippen LogP contribution in [0.2, 0.25) is 0 Å². The molecule has 8 rings (SSSR count). The van der Waals surface area contributed by atoms with E-state index in [1.807, 2.05) is 117 Å². The number of fused-ring (bicyclic) bond motifs is 2. The Hall–Kier alpha value is -8.48. The summed E-state index contributed by atoms with van der Waals surface area (Å²) in [5, 5.41) is 12.1. The van der Waals surface area contributed by atoms with Crippen LogP contribution in [0.3, 0.4) is 0 Å². The summed E-state index contributed by atoms with van der Waals surface area (Å²) in [6.45, 7) is 6.64. The Kier molecular flexibility index (Phi) is 16.1. The zero-order chi connectivity index (χ0) is 52.6. The number of carbonyl (C=O) groups excluding carboxylic acids is 2. The second kappa shape index (κ2) is 22.9. The van der Waals surface area contributed by atoms with Gasteiger partial charge >= 0.3 is 0 Å². The molecule has 0 spiro atoms. The van der Waals surface area contributed by atoms with Crippen molar-refractivity contribution in [2.24, 2.45) is 14.1 Å². The summed E-state index contributed by atoms with van der Waals surface area (Å²) in [6, 6.07) is 27.6. The zero-order valence-electron chi connectivity index (χ0n) is 44.0. The number of nitrogens with zero attached hydrogens (tertiary/aromatic N) is 11. The van der Waals surface area contributed by atoms with Gasteiger partial charge in [-0.15, -0.1) is 0 Å². The normalized spacial score (nSPS) is 11.3. The van der Waals surface area contributed by atoms with Crippen molar-refractivity contribution in [3.8, 4) is 34.0 Å². The second-order valence-corrected chi connectivity index (χ2v) is 18.7. The minimum absolute atomic E-state index is 0.00586. The lowest BCUT2D eigenvalue weighted by molar-refractivity contribution is -0.116. The SMILES string of the molecule is C=CC(=O)N(CCC(=O)Nc1cc(Nc2nccc(-c3cn(C)c4ccccc34)n2)c(OC)cc1N(C)CCN(C)C)c1cc(Nc2nccc(-c3cn(C)c4ccccc34)n2)c(OC)cc1N(C)CCN(C)C. The lowest BCUT2D eigenvalue weighted by Gasteiger charge is -2.31. The van der Waals surface area contributed by atoms with Crippen molar-refractivity contribution >= 4 is 79.6 Å². The van der Waals surface area contributed by atoms with Crippen LogP contribution in [0.25, 0.3) is 44.3 Å². The highest BCUT2D eigenvalue weighted by Gasteiger charge is 2.25. The molecule has 3 N–H and O–H groups in total. The summed E-state index contributed by atoms with van der Waals surface area (Å²) in [6.07, 6.45) is 8.72. The second-order valence-electron chi connectivity index (χ2n) is 18.7. The van der Waals surface area contributed by atoms with Gasteiger partial charge in [0, 0.05) is 137 Å². The van der Waals surface area contributed by atoms with Crippen LogP contribution < -0.4 is 40.1 Å². The molecule has 0 bridgehead atoms. The number of hydrogen-bond acceptors (Lipinski definition) is 14. The third-order valence-corrected chi connectivity index (χ3v) is 12.9. The maximum absolute atomic E-state index is 14.4. The third kappa shape index (κ3) is 11.6. The van der Waals surface area contributed by atoms with Gasteiger partial charge in [0.15, 0.2) is 0 Å². The van der Waals surface area contributed by atoms with Crippen molar-refractivity contribution in [2.45, 2.75) is 6.42 Å². The van der Waals surface area contributed by atoms with Gasteiger partial charge in [-0.1, -0.05) is 43.0 Å². The molecule has 0 atom stereocenters. The van der Waals surface area contributed by atoms with E-state index < -0.39 is 5.91 Å². The average Bonchev–Trinajstić information content (AvgIpc) is 3.93. The number of aryl methyl sites for hydroxylation is 2. The molecule has 0 aliphatic heterocycles. The highest BCUT2D eigenvalue weighted by Crippen LogP contribution is 2.42. The minimum Gasteiger partial charge on any atom is -0.494 e. The maximum atomic E-state index is 14.4. The zero-order valence-corrected chi connectivity index (χ0v) is 44.0. The summed E-state index contributed by atoms with van der Waals surface area (Å²) in [7, 11) is 19.2. The van der Waals surface area contributed by atoms with Crippen molar-refractivity contribution in [2.75, 3.05) is 120 Å². The monoisotopic (exact) mass is 999 g/mol. The quantitative estimate of drug-likeness (QED) is 0.0553. The third-order valence-electron chi connectivity index (χ3n) is 12.9. The van der Waals surface area contributed by atoms with E-state index in [0.29, 0.717) is 64.9 Å². The van der Waals surface area contributed by atoms with E-state index >= 15 is 0 Å². The molecule has 0 aliphatic rings. The van der Waals surface area contributed by atoms with E-state index in [1.54, 1.807) is 31.5 Å². The van der Waals surface area contributed by atoms with Gasteiger partial charge in [0.1, 0.15) is 11.5 Å². The fourth-order valence-electron chi connectivity index (χ4n) is 8.89. The van der Waals surface area contributed by atoms with Gasteiger partial charge in [-0.3, -0.25) is 9.59 Å². The van der Waals surface area contributed by atoms with Crippen LogP contribution in [-0.4, -0.2) is 140 Å². The number of rotatable bonds is 22. The molecule has 18 nitrogen and oxygen atoms in total. The molecule has 4 heterocycles. The number of amides is 2. The number of aromatic nitrogens is 6. The first kappa shape index (κ1) is 51.9. The van der Waals surface area contributed by atoms with Gasteiger partial charge in [-0.2, -0.15) is 0 Å². The van der Waals surface area contributed by atoms with E-state index in [1.165, 1.54) is 6.08 Å². The highest BCUT2D eigenvalue weighted by molar-refractivity contribution is 6.05. The highest BCUT2D eigenvalue weighted by atomic mass is 16.5. The van der Waals surface area contributed by atoms with Crippen LogP contribution in [0.1, 0.15) is 6.42 Å². The number of benzene rings is 4. The van der Waals surface area contributed by atoms with Gasteiger partial charge in [0.05, 0.1) is 59.7 Å². The minimum atomic E-state index is -0.392. The average molecular weight is 999 g/mol. The topological polar surface area (TPSA) is 166 Å². The largest absolute Gasteiger partial charge is 0.494 e. The fraction of sp³-hybridized carbons (Fsp3) is 0.286. The van der Waals surface area contributed by atoms with Crippen LogP contribution in [0.5, 0.6) is 11.5 Å². The molecule has 4 aromatic heterocycles. The molecule has 0 saturated heterocycles. The van der Waals surface area contributed by atoms with Crippen molar-refractivity contribution in [1.82, 2.24) is 38.9 Å². The van der Waals surface area contributed by atoms with Gasteiger partial charge < -0.3 is 59.1 Å². The lowest BCUT2D eigenvalue weighted by atomic mass is 10.1. The Morgan fingerprint density at radius 3 is 1.59 bits per heavy atom. The lowest BCUT2D eigenvalue weighted by Crippen LogP contribution is -2.35. The molecular weight excluding hydrogens is 933 g/mol. The van der Waals surface area contributed by atoms with Crippen molar-refractivity contribution in [3.05, 3.63) is 122 Å². The van der Waals surface area contributed by atoms with Crippen LogP contribution in [0.15, 0.2) is 122 Å². The smallest absolute Gasteiger partial charge is 0.250 e. The number of nitrogens with one attached hydrogen (secondary N) is 3. The molecule has 8 aromatic rings. The van der Waals surface area contributed by atoms with E-state index in [9.17, 15) is 9.59 Å². The molecule has 0 unspecified atom stereocenters. The standard InChI is InChI=1S/C56H66N14O4/c1-12-54(72)70(50-32-45(52(74-11)34-49(50)67(7)30-28-65(4)5)63-56-58-25-22-42(61-56)40-36-69(9)47-20-16-14-18-38(40)47)26-23-53(71)59-43-31-44(51(73-10)33-48(43)66(6)29-27-64(2)3)62-55-57-24-21-41(60-55)39-35-68(8)46-19-15-13-17-37(39)46/h12-22,24-25,31-36H,1,23,26-30H2,2-11H3,(H,59,71)(H,57,60,62)(H,58,61,63). The van der Waals surface area contributed by atoms with Crippen LogP contribution in [-0.2, 0) is 23.7 Å². The predicted molar refractivity (Wildman–Crippen MR) is 300 cm³/mol. The molecule has 384 valence electrons. The van der Waals surface area contributed by atoms with Crippen molar-refractivity contribution in [1.29, 1.82) is 0 Å². The molecule has 74 heavy (non-hydrogen) atoms. The van der Waals surface area contributed by atoms with Crippen molar-refractivity contribution in [3.63, 3.8) is 0 Å². The Morgan fingerprint density at radius 2 is 1.09 bits per heavy atom. The van der Waals surface area contributed by atoms with E-state index in [2.05, 4.69) is 97.9 Å². The molecular formula is C56H66N14O4. The first-order chi connectivity index (χ1) is 35.6. The number of para-hydroxylation sites is 2. The summed E-state index contributed by atoms with van der Waals surface area (Å²) in [5.41, 5.74) is 9.15. The first-order valence-corrected chi connectivity index (χ1v) is 24.3. The number of hydrogen-bond donors (Lipinski definition) is 3. The Labute approximate surface area is 432 Å². The Bertz CT molecular complexity index is 3310. The van der Waals surface area contributed by atoms with E-state index in [-0.39, 0.29) is 18.9 Å². The summed E-state index contributed by atoms with van der Waals surface area (Å²) in [5.74, 6) is 0.991. The molecule has 0 radical (unpaired) electrons. The summed E-state index contributed by atoms with van der Waals surface area (Å²) in [4.78, 5) is 57.4. The number of likely N-dealkylation sites (N-methyl/N-ethyl adjacent to an activating group) is 4. The Morgan fingerprint density at radius 1 is 0.608 bits per heavy atom. The van der Waals surface area contributed by atoms with Gasteiger partial charge in [-0.05, 0) is 70.7 Å². The molecule has 4 aromatic carbocycles. The number of carbonyl (C=O) groups is 2. The van der Waals surface area contributed by atoms with Gasteiger partial charge in [0.2, 0.25) is 23.7 Å². The number of ether oxygens (including phenoxy) is 2. The van der Waals surface area contributed by atoms with E-state index in [0.717, 1.165) is 63.1 Å².